The van der Waals surface area contributed by atoms with Crippen molar-refractivity contribution in [3.63, 3.8) is 0 Å². The third kappa shape index (κ3) is 4.21. The average Bonchev–Trinajstić information content (AvgIpc) is 3.46. The molecule has 5 rings (SSSR count). The summed E-state index contributed by atoms with van der Waals surface area (Å²) in [6.45, 7) is 1.35. The molecule has 1 aromatic carbocycles. The zero-order valence-electron chi connectivity index (χ0n) is 17.3. The molecule has 9 heteroatoms. The number of aryl methyl sites for hydroxylation is 1. The Morgan fingerprint density at radius 2 is 2.13 bits per heavy atom. The number of nitrogens with zero attached hydrogens (tertiary/aromatic N) is 4. The van der Waals surface area contributed by atoms with Crippen LogP contribution in [0.4, 0.5) is 10.1 Å². The number of nitrogens with two attached hydrogens (primary N) is 1. The van der Waals surface area contributed by atoms with Crippen LogP contribution < -0.4 is 15.2 Å². The van der Waals surface area contributed by atoms with E-state index in [2.05, 4.69) is 39.4 Å². The average molecular weight is 441 g/mol. The van der Waals surface area contributed by atoms with Crippen LogP contribution in [0.2, 0.25) is 0 Å². The van der Waals surface area contributed by atoms with E-state index in [1.807, 2.05) is 17.8 Å². The van der Waals surface area contributed by atoms with Gasteiger partial charge in [-0.2, -0.15) is 5.10 Å². The summed E-state index contributed by atoms with van der Waals surface area (Å²) in [5.74, 6) is 0.385. The second kappa shape index (κ2) is 9.59. The Balaban J connectivity index is 0.00000112. The lowest BCUT2D eigenvalue weighted by Gasteiger charge is -2.23. The number of ether oxygens (including phenoxy) is 1. The number of thiol groups is 1. The number of hydrogen-bond acceptors (Lipinski definition) is 7. The van der Waals surface area contributed by atoms with E-state index in [1.54, 1.807) is 24.7 Å². The van der Waals surface area contributed by atoms with Gasteiger partial charge in [-0.1, -0.05) is 12.1 Å². The minimum Gasteiger partial charge on any atom is -0.476 e. The largest absolute Gasteiger partial charge is 0.476 e. The maximum absolute atomic E-state index is 14.5. The summed E-state index contributed by atoms with van der Waals surface area (Å²) < 4.78 is 22.2. The molecule has 162 valence electrons. The van der Waals surface area contributed by atoms with Gasteiger partial charge >= 0.3 is 0 Å². The Morgan fingerprint density at radius 1 is 1.26 bits per heavy atom. The zero-order valence-corrected chi connectivity index (χ0v) is 18.1. The van der Waals surface area contributed by atoms with Crippen molar-refractivity contribution in [1.29, 1.82) is 0 Å². The first-order valence-electron chi connectivity index (χ1n) is 10.1. The van der Waals surface area contributed by atoms with Crippen LogP contribution in [0.15, 0.2) is 41.8 Å². The SMILES string of the molecule is CNC1COc2c(C=Nc3c(-c4ccncc4F)ccc4c3CCC4)cnn2C1.NS. The predicted octanol–water partition coefficient (Wildman–Crippen LogP) is 3.09. The van der Waals surface area contributed by atoms with Crippen LogP contribution in [0.5, 0.6) is 5.88 Å². The van der Waals surface area contributed by atoms with Crippen molar-refractivity contribution < 1.29 is 9.13 Å². The third-order valence-electron chi connectivity index (χ3n) is 5.69. The maximum Gasteiger partial charge on any atom is 0.220 e. The van der Waals surface area contributed by atoms with Gasteiger partial charge in [-0.25, -0.2) is 9.07 Å². The van der Waals surface area contributed by atoms with Crippen molar-refractivity contribution in [2.45, 2.75) is 31.8 Å². The number of aliphatic imine (C=N–C) groups is 1. The normalized spacial score (nSPS) is 17.0. The molecule has 31 heavy (non-hydrogen) atoms. The van der Waals surface area contributed by atoms with E-state index < -0.39 is 0 Å². The van der Waals surface area contributed by atoms with Crippen molar-refractivity contribution in [3.8, 4) is 17.0 Å². The van der Waals surface area contributed by atoms with Crippen LogP contribution in [-0.2, 0) is 19.4 Å². The highest BCUT2D eigenvalue weighted by Gasteiger charge is 2.23. The van der Waals surface area contributed by atoms with E-state index in [0.717, 1.165) is 48.5 Å². The van der Waals surface area contributed by atoms with Crippen LogP contribution in [0.3, 0.4) is 0 Å². The van der Waals surface area contributed by atoms with Crippen molar-refractivity contribution >= 4 is 24.7 Å². The summed E-state index contributed by atoms with van der Waals surface area (Å²) in [6, 6.07) is 6.01. The standard InChI is InChI=1S/C22H22FN5O.H3NS/c1-24-16-12-28-22(29-13-16)15(10-27-28)9-26-21-17-4-2-3-14(17)5-6-19(21)18-7-8-25-11-20(18)23;1-2/h5-11,16,24H,2-4,12-13H2,1H3;2H,1H2. The van der Waals surface area contributed by atoms with Crippen LogP contribution in [-0.4, -0.2) is 40.7 Å². The molecule has 0 saturated heterocycles. The van der Waals surface area contributed by atoms with Gasteiger partial charge in [0.2, 0.25) is 5.88 Å². The van der Waals surface area contributed by atoms with Crippen molar-refractivity contribution in [3.05, 3.63) is 59.3 Å². The fraction of sp³-hybridized carbons (Fsp3) is 0.318. The molecule has 2 aliphatic rings. The fourth-order valence-corrected chi connectivity index (χ4v) is 4.12. The lowest BCUT2D eigenvalue weighted by molar-refractivity contribution is 0.189. The van der Waals surface area contributed by atoms with E-state index >= 15 is 0 Å². The third-order valence-corrected chi connectivity index (χ3v) is 5.69. The molecule has 7 nitrogen and oxygen atoms in total. The second-order valence-electron chi connectivity index (χ2n) is 7.45. The summed E-state index contributed by atoms with van der Waals surface area (Å²) in [6.07, 6.45) is 9.50. The van der Waals surface area contributed by atoms with Crippen LogP contribution in [0.1, 0.15) is 23.1 Å². The smallest absolute Gasteiger partial charge is 0.220 e. The molecule has 0 bridgehead atoms. The number of likely N-dealkylation sites (N-methyl/N-ethyl adjacent to an activating group) is 1. The highest BCUT2D eigenvalue weighted by Crippen LogP contribution is 2.40. The topological polar surface area (TPSA) is 90.3 Å². The number of halogens is 1. The number of aromatic nitrogens is 3. The van der Waals surface area contributed by atoms with E-state index in [1.165, 1.54) is 17.3 Å². The Hall–Kier alpha value is -2.75. The highest BCUT2D eigenvalue weighted by atomic mass is 32.1. The molecule has 0 radical (unpaired) electrons. The number of fused-ring (bicyclic) bond motifs is 2. The lowest BCUT2D eigenvalue weighted by Crippen LogP contribution is -2.39. The molecule has 2 aromatic heterocycles. The monoisotopic (exact) mass is 440 g/mol. The minimum absolute atomic E-state index is 0.242. The van der Waals surface area contributed by atoms with Crippen LogP contribution in [0, 0.1) is 5.82 Å². The van der Waals surface area contributed by atoms with Crippen molar-refractivity contribution in [1.82, 2.24) is 20.1 Å². The second-order valence-corrected chi connectivity index (χ2v) is 7.45. The highest BCUT2D eigenvalue weighted by molar-refractivity contribution is 7.77. The molecule has 1 aliphatic carbocycles. The first-order valence-corrected chi connectivity index (χ1v) is 10.7. The molecule has 0 fully saturated rings. The van der Waals surface area contributed by atoms with Gasteiger partial charge in [0.15, 0.2) is 0 Å². The molecule has 3 heterocycles. The number of nitrogens with one attached hydrogen (secondary N) is 1. The van der Waals surface area contributed by atoms with Gasteiger partial charge in [0.25, 0.3) is 0 Å². The summed E-state index contributed by atoms with van der Waals surface area (Å²) in [4.78, 5) is 8.70. The molecule has 1 aliphatic heterocycles. The van der Waals surface area contributed by atoms with Gasteiger partial charge < -0.3 is 10.1 Å². The summed E-state index contributed by atoms with van der Waals surface area (Å²) in [5.41, 5.74) is 5.46. The van der Waals surface area contributed by atoms with Gasteiger partial charge in [0.05, 0.1) is 36.2 Å². The van der Waals surface area contributed by atoms with E-state index in [9.17, 15) is 4.39 Å². The lowest BCUT2D eigenvalue weighted by atomic mass is 9.98. The zero-order chi connectivity index (χ0) is 21.8. The molecular weight excluding hydrogens is 415 g/mol. The van der Waals surface area contributed by atoms with E-state index in [4.69, 9.17) is 9.73 Å². The first-order chi connectivity index (χ1) is 15.2. The first kappa shape index (κ1) is 21.5. The Morgan fingerprint density at radius 3 is 2.94 bits per heavy atom. The molecular formula is C22H25FN6OS. The van der Waals surface area contributed by atoms with Gasteiger partial charge in [0, 0.05) is 23.5 Å². The van der Waals surface area contributed by atoms with Gasteiger partial charge in [-0.05, 0) is 43.5 Å². The Bertz CT molecular complexity index is 1100. The number of hydrogen-bond donors (Lipinski definition) is 3. The minimum atomic E-state index is -0.341. The van der Waals surface area contributed by atoms with Crippen LogP contribution in [0.25, 0.3) is 11.1 Å². The molecule has 3 aromatic rings. The molecule has 1 atom stereocenters. The summed E-state index contributed by atoms with van der Waals surface area (Å²) in [5, 5.41) is 11.8. The van der Waals surface area contributed by atoms with Crippen molar-refractivity contribution in [2.75, 3.05) is 13.7 Å². The molecule has 0 spiro atoms. The number of pyridine rings is 1. The molecule has 0 saturated carbocycles. The Kier molecular flexibility index (Phi) is 6.64. The van der Waals surface area contributed by atoms with Gasteiger partial charge in [-0.3, -0.25) is 15.1 Å². The number of benzene rings is 1. The molecule has 1 unspecified atom stereocenters. The Labute approximate surface area is 186 Å². The van der Waals surface area contributed by atoms with Crippen molar-refractivity contribution in [2.24, 2.45) is 10.1 Å². The van der Waals surface area contributed by atoms with Gasteiger partial charge in [0.1, 0.15) is 12.4 Å². The fourth-order valence-electron chi connectivity index (χ4n) is 4.12. The van der Waals surface area contributed by atoms with Crippen LogP contribution >= 0.6 is 12.8 Å². The summed E-state index contributed by atoms with van der Waals surface area (Å²) in [7, 11) is 1.92. The maximum atomic E-state index is 14.5. The molecule has 0 amide bonds. The molecule has 3 N–H and O–H groups in total. The summed E-state index contributed by atoms with van der Waals surface area (Å²) >= 11 is 3.03. The number of rotatable bonds is 4. The van der Waals surface area contributed by atoms with E-state index in [-0.39, 0.29) is 11.9 Å². The van der Waals surface area contributed by atoms with E-state index in [0.29, 0.717) is 12.2 Å². The quantitative estimate of drug-likeness (QED) is 0.428. The van der Waals surface area contributed by atoms with Gasteiger partial charge in [-0.15, -0.1) is 12.8 Å². The predicted molar refractivity (Wildman–Crippen MR) is 123 cm³/mol.